The Balaban J connectivity index is 1.59. The molecule has 0 bridgehead atoms. The molecule has 2 heterocycles. The minimum absolute atomic E-state index is 0.595. The summed E-state index contributed by atoms with van der Waals surface area (Å²) in [5.74, 6) is 4.00. The molecule has 0 amide bonds. The average Bonchev–Trinajstić information content (AvgIpc) is 3.08. The Morgan fingerprint density at radius 2 is 1.81 bits per heavy atom. The highest BCUT2D eigenvalue weighted by molar-refractivity contribution is 5.35. The van der Waals surface area contributed by atoms with Gasteiger partial charge in [0.1, 0.15) is 23.0 Å². The number of aromatic nitrogens is 1. The van der Waals surface area contributed by atoms with Crippen molar-refractivity contribution in [3.05, 3.63) is 71.8 Å². The molecular weight excluding hydrogens is 328 g/mol. The Hall–Kier alpha value is -2.79. The van der Waals surface area contributed by atoms with Crippen LogP contribution in [0.15, 0.2) is 59.1 Å². The number of pyridine rings is 1. The first kappa shape index (κ1) is 18.0. The largest absolute Gasteiger partial charge is 0.494 e. The smallest absolute Gasteiger partial charge is 0.223 e. The summed E-state index contributed by atoms with van der Waals surface area (Å²) in [5.41, 5.74) is 0.988. The lowest BCUT2D eigenvalue weighted by molar-refractivity contribution is 0.317. The van der Waals surface area contributed by atoms with Crippen LogP contribution in [0.3, 0.4) is 0 Å². The minimum Gasteiger partial charge on any atom is -0.494 e. The van der Waals surface area contributed by atoms with Crippen LogP contribution in [0.2, 0.25) is 0 Å². The third kappa shape index (κ3) is 5.10. The molecule has 0 saturated carbocycles. The van der Waals surface area contributed by atoms with Crippen LogP contribution < -0.4 is 14.8 Å². The second-order valence-electron chi connectivity index (χ2n) is 6.01. The van der Waals surface area contributed by atoms with E-state index in [1.165, 1.54) is 0 Å². The maximum Gasteiger partial charge on any atom is 0.223 e. The summed E-state index contributed by atoms with van der Waals surface area (Å²) < 4.78 is 17.1. The third-order valence-corrected chi connectivity index (χ3v) is 3.77. The lowest BCUT2D eigenvalue weighted by atomic mass is 10.2. The Bertz CT molecular complexity index is 812. The molecule has 3 rings (SSSR count). The van der Waals surface area contributed by atoms with E-state index in [-0.39, 0.29) is 0 Å². The monoisotopic (exact) mass is 352 g/mol. The van der Waals surface area contributed by atoms with Crippen molar-refractivity contribution in [3.63, 3.8) is 0 Å². The predicted molar refractivity (Wildman–Crippen MR) is 101 cm³/mol. The summed E-state index contributed by atoms with van der Waals surface area (Å²) in [6.45, 7) is 6.04. The summed E-state index contributed by atoms with van der Waals surface area (Å²) >= 11 is 0. The molecule has 2 aromatic heterocycles. The fourth-order valence-corrected chi connectivity index (χ4v) is 2.49. The predicted octanol–water partition coefficient (Wildman–Crippen LogP) is 4.85. The van der Waals surface area contributed by atoms with Crippen molar-refractivity contribution < 1.29 is 13.9 Å². The van der Waals surface area contributed by atoms with E-state index in [1.807, 2.05) is 55.5 Å². The number of ether oxygens (including phenoxy) is 2. The fourth-order valence-electron chi connectivity index (χ4n) is 2.49. The summed E-state index contributed by atoms with van der Waals surface area (Å²) in [5, 5.41) is 3.36. The van der Waals surface area contributed by atoms with Gasteiger partial charge in [-0.05, 0) is 55.8 Å². The number of hydrogen-bond donors (Lipinski definition) is 1. The molecule has 136 valence electrons. The van der Waals surface area contributed by atoms with Gasteiger partial charge >= 0.3 is 0 Å². The maximum absolute atomic E-state index is 5.95. The van der Waals surface area contributed by atoms with Crippen molar-refractivity contribution in [2.24, 2.45) is 0 Å². The zero-order valence-corrected chi connectivity index (χ0v) is 15.2. The molecule has 0 aliphatic rings. The van der Waals surface area contributed by atoms with E-state index in [4.69, 9.17) is 13.9 Å². The van der Waals surface area contributed by atoms with E-state index in [0.29, 0.717) is 25.6 Å². The van der Waals surface area contributed by atoms with Crippen molar-refractivity contribution in [1.82, 2.24) is 10.3 Å². The molecule has 3 aromatic rings. The van der Waals surface area contributed by atoms with E-state index in [9.17, 15) is 0 Å². The standard InChI is InChI=1S/C21H24N2O3/c1-3-13-24-18-8-10-19(11-9-18)26-21-17(5-4-12-23-21)14-22-15-20-7-6-16(2)25-20/h4-12,22H,3,13-15H2,1-2H3. The maximum atomic E-state index is 5.95. The van der Waals surface area contributed by atoms with E-state index >= 15 is 0 Å². The van der Waals surface area contributed by atoms with Crippen molar-refractivity contribution >= 4 is 0 Å². The first-order valence-electron chi connectivity index (χ1n) is 8.85. The number of rotatable bonds is 9. The van der Waals surface area contributed by atoms with Crippen LogP contribution in [0.4, 0.5) is 0 Å². The first-order valence-corrected chi connectivity index (χ1v) is 8.85. The number of nitrogens with zero attached hydrogens (tertiary/aromatic N) is 1. The van der Waals surface area contributed by atoms with Crippen molar-refractivity contribution in [2.45, 2.75) is 33.4 Å². The molecule has 1 aromatic carbocycles. The first-order chi connectivity index (χ1) is 12.7. The lowest BCUT2D eigenvalue weighted by Gasteiger charge is -2.11. The van der Waals surface area contributed by atoms with Gasteiger partial charge in [0.2, 0.25) is 5.88 Å². The second kappa shape index (κ2) is 9.06. The molecule has 0 spiro atoms. The summed E-state index contributed by atoms with van der Waals surface area (Å²) in [7, 11) is 0. The van der Waals surface area contributed by atoms with Crippen LogP contribution in [0, 0.1) is 6.92 Å². The zero-order chi connectivity index (χ0) is 18.2. The molecule has 5 nitrogen and oxygen atoms in total. The van der Waals surface area contributed by atoms with Crippen LogP contribution in [0.5, 0.6) is 17.4 Å². The van der Waals surface area contributed by atoms with Gasteiger partial charge < -0.3 is 19.2 Å². The third-order valence-electron chi connectivity index (χ3n) is 3.77. The highest BCUT2D eigenvalue weighted by atomic mass is 16.5. The van der Waals surface area contributed by atoms with Gasteiger partial charge in [0.05, 0.1) is 13.2 Å². The Morgan fingerprint density at radius 3 is 2.54 bits per heavy atom. The van der Waals surface area contributed by atoms with Crippen LogP contribution in [-0.4, -0.2) is 11.6 Å². The van der Waals surface area contributed by atoms with Crippen LogP contribution in [-0.2, 0) is 13.1 Å². The van der Waals surface area contributed by atoms with Gasteiger partial charge in [-0.1, -0.05) is 13.0 Å². The van der Waals surface area contributed by atoms with Crippen LogP contribution >= 0.6 is 0 Å². The van der Waals surface area contributed by atoms with Crippen molar-refractivity contribution in [1.29, 1.82) is 0 Å². The molecule has 0 atom stereocenters. The highest BCUT2D eigenvalue weighted by Gasteiger charge is 2.07. The number of furan rings is 1. The Labute approximate surface area is 154 Å². The van der Waals surface area contributed by atoms with E-state index in [2.05, 4.69) is 17.2 Å². The lowest BCUT2D eigenvalue weighted by Crippen LogP contribution is -2.13. The van der Waals surface area contributed by atoms with E-state index in [1.54, 1.807) is 6.20 Å². The molecule has 0 radical (unpaired) electrons. The van der Waals surface area contributed by atoms with Gasteiger partial charge in [-0.25, -0.2) is 4.98 Å². The molecule has 0 aliphatic carbocycles. The van der Waals surface area contributed by atoms with Gasteiger partial charge in [0.25, 0.3) is 0 Å². The van der Waals surface area contributed by atoms with Gasteiger partial charge in [0.15, 0.2) is 0 Å². The Morgan fingerprint density at radius 1 is 1.00 bits per heavy atom. The van der Waals surface area contributed by atoms with E-state index in [0.717, 1.165) is 35.0 Å². The van der Waals surface area contributed by atoms with Gasteiger partial charge in [-0.15, -0.1) is 0 Å². The second-order valence-corrected chi connectivity index (χ2v) is 6.01. The molecule has 26 heavy (non-hydrogen) atoms. The molecular formula is C21H24N2O3. The van der Waals surface area contributed by atoms with Gasteiger partial charge in [0, 0.05) is 18.3 Å². The molecule has 5 heteroatoms. The van der Waals surface area contributed by atoms with Crippen LogP contribution in [0.1, 0.15) is 30.4 Å². The number of hydrogen-bond acceptors (Lipinski definition) is 5. The van der Waals surface area contributed by atoms with Crippen molar-refractivity contribution in [3.8, 4) is 17.4 Å². The zero-order valence-electron chi connectivity index (χ0n) is 15.2. The normalized spacial score (nSPS) is 10.7. The molecule has 1 N–H and O–H groups in total. The molecule has 0 saturated heterocycles. The molecule has 0 aliphatic heterocycles. The molecule has 0 unspecified atom stereocenters. The Kier molecular flexibility index (Phi) is 6.28. The number of nitrogens with one attached hydrogen (secondary N) is 1. The average molecular weight is 352 g/mol. The fraction of sp³-hybridized carbons (Fsp3) is 0.286. The number of aryl methyl sites for hydroxylation is 1. The number of benzene rings is 1. The quantitative estimate of drug-likeness (QED) is 0.596. The topological polar surface area (TPSA) is 56.5 Å². The minimum atomic E-state index is 0.595. The summed E-state index contributed by atoms with van der Waals surface area (Å²) in [4.78, 5) is 4.36. The highest BCUT2D eigenvalue weighted by Crippen LogP contribution is 2.25. The van der Waals surface area contributed by atoms with Gasteiger partial charge in [-0.2, -0.15) is 0 Å². The van der Waals surface area contributed by atoms with E-state index < -0.39 is 0 Å². The van der Waals surface area contributed by atoms with Gasteiger partial charge in [-0.3, -0.25) is 0 Å². The van der Waals surface area contributed by atoms with Crippen LogP contribution in [0.25, 0.3) is 0 Å². The SMILES string of the molecule is CCCOc1ccc(Oc2ncccc2CNCc2ccc(C)o2)cc1. The molecule has 0 fully saturated rings. The summed E-state index contributed by atoms with van der Waals surface area (Å²) in [6.07, 6.45) is 2.72. The van der Waals surface area contributed by atoms with Crippen molar-refractivity contribution in [2.75, 3.05) is 6.61 Å². The summed E-state index contributed by atoms with van der Waals surface area (Å²) in [6, 6.07) is 15.4.